The van der Waals surface area contributed by atoms with Crippen LogP contribution in [0.2, 0.25) is 0 Å². The Morgan fingerprint density at radius 1 is 1.25 bits per heavy atom. The molecule has 5 atom stereocenters. The van der Waals surface area contributed by atoms with Gasteiger partial charge in [0, 0.05) is 35.8 Å². The summed E-state index contributed by atoms with van der Waals surface area (Å²) < 4.78 is 21.3. The maximum absolute atomic E-state index is 15.3. The van der Waals surface area contributed by atoms with Crippen LogP contribution in [0.15, 0.2) is 24.5 Å². The number of rotatable bonds is 1. The van der Waals surface area contributed by atoms with E-state index in [1.807, 2.05) is 18.7 Å². The van der Waals surface area contributed by atoms with E-state index in [4.69, 9.17) is 4.74 Å². The molecule has 3 N–H and O–H groups in total. The Morgan fingerprint density at radius 2 is 1.97 bits per heavy atom. The maximum Gasteiger partial charge on any atom is 0.323 e. The number of amides is 3. The number of hydrogen-bond donors (Lipinski definition) is 3. The van der Waals surface area contributed by atoms with Gasteiger partial charge in [-0.1, -0.05) is 0 Å². The second-order valence-corrected chi connectivity index (χ2v) is 8.78. The molecule has 0 bridgehead atoms. The molecule has 2 aromatic rings. The van der Waals surface area contributed by atoms with Gasteiger partial charge in [-0.3, -0.25) is 10.1 Å². The third-order valence-corrected chi connectivity index (χ3v) is 6.67. The number of carbonyl (C=O) groups is 2. The van der Waals surface area contributed by atoms with E-state index in [9.17, 15) is 14.7 Å². The summed E-state index contributed by atoms with van der Waals surface area (Å²) in [6.45, 7) is 5.88. The lowest BCUT2D eigenvalue weighted by atomic mass is 9.66. The number of halogens is 1. The predicted molar refractivity (Wildman–Crippen MR) is 112 cm³/mol. The molecule has 9 nitrogen and oxygen atoms in total. The summed E-state index contributed by atoms with van der Waals surface area (Å²) in [7, 11) is 0. The molecule has 2 unspecified atom stereocenters. The molecule has 3 aliphatic rings. The number of nitrogens with one attached hydrogen (secondary N) is 2. The number of aromatic nitrogens is 2. The van der Waals surface area contributed by atoms with E-state index in [-0.39, 0.29) is 12.5 Å². The van der Waals surface area contributed by atoms with E-state index < -0.39 is 41.5 Å². The number of benzene rings is 1. The van der Waals surface area contributed by atoms with E-state index in [2.05, 4.69) is 20.6 Å². The van der Waals surface area contributed by atoms with Crippen molar-refractivity contribution in [2.75, 3.05) is 11.4 Å². The minimum atomic E-state index is -1.43. The van der Waals surface area contributed by atoms with Crippen LogP contribution in [0.25, 0.3) is 11.1 Å². The molecular formula is C22H24FN5O4. The van der Waals surface area contributed by atoms with Crippen molar-refractivity contribution in [1.82, 2.24) is 20.6 Å². The van der Waals surface area contributed by atoms with Crippen LogP contribution in [0.1, 0.15) is 25.2 Å². The highest BCUT2D eigenvalue weighted by molar-refractivity contribution is 6.02. The normalized spacial score (nSPS) is 31.6. The lowest BCUT2D eigenvalue weighted by Gasteiger charge is -2.57. The Labute approximate surface area is 184 Å². The molecule has 3 amide bonds. The zero-order valence-electron chi connectivity index (χ0n) is 17.9. The molecule has 4 heterocycles. The van der Waals surface area contributed by atoms with Crippen LogP contribution in [-0.2, 0) is 16.0 Å². The van der Waals surface area contributed by atoms with Gasteiger partial charge in [-0.15, -0.1) is 0 Å². The third kappa shape index (κ3) is 2.97. The first-order valence-corrected chi connectivity index (χ1v) is 10.5. The van der Waals surface area contributed by atoms with Gasteiger partial charge in [0.2, 0.25) is 5.91 Å². The zero-order valence-corrected chi connectivity index (χ0v) is 17.9. The van der Waals surface area contributed by atoms with Crippen molar-refractivity contribution >= 4 is 17.6 Å². The number of carbonyl (C=O) groups excluding carboxylic acids is 2. The number of fused-ring (bicyclic) bond motifs is 4. The maximum atomic E-state index is 15.3. The molecule has 168 valence electrons. The molecule has 0 radical (unpaired) electrons. The molecule has 3 aliphatic heterocycles. The van der Waals surface area contributed by atoms with Gasteiger partial charge in [0.25, 0.3) is 0 Å². The molecular weight excluding hydrogens is 417 g/mol. The zero-order chi connectivity index (χ0) is 22.8. The van der Waals surface area contributed by atoms with Gasteiger partial charge in [0.05, 0.1) is 18.2 Å². The van der Waals surface area contributed by atoms with Gasteiger partial charge < -0.3 is 20.1 Å². The second-order valence-electron chi connectivity index (χ2n) is 8.78. The van der Waals surface area contributed by atoms with E-state index in [0.29, 0.717) is 34.7 Å². The largest absolute Gasteiger partial charge is 0.372 e. The standard InChI is InChI=1S/C22H24FN5O4/c1-10-9-28-17-5-16(23)15(14-7-24-12(3)25-8-14)4-13(17)6-22(18(28)11(2)32-10)19(29)26-21(31)27-20(22)30/h4-5,7-8,10-11,18-19,29H,6,9H2,1-3H3,(H2,26,27,30,31)/t10-,11+,18-,19?,22?/m1/s1. The topological polar surface area (TPSA) is 117 Å². The van der Waals surface area contributed by atoms with Crippen molar-refractivity contribution in [3.05, 3.63) is 41.7 Å². The van der Waals surface area contributed by atoms with Gasteiger partial charge in [0.15, 0.2) is 0 Å². The summed E-state index contributed by atoms with van der Waals surface area (Å²) in [6, 6.07) is 1.79. The minimum Gasteiger partial charge on any atom is -0.372 e. The summed E-state index contributed by atoms with van der Waals surface area (Å²) in [5, 5.41) is 15.7. The summed E-state index contributed by atoms with van der Waals surface area (Å²) in [5.41, 5.74) is 0.747. The van der Waals surface area contributed by atoms with Gasteiger partial charge in [-0.2, -0.15) is 0 Å². The van der Waals surface area contributed by atoms with Gasteiger partial charge in [-0.25, -0.2) is 19.2 Å². The van der Waals surface area contributed by atoms with Crippen LogP contribution in [0.3, 0.4) is 0 Å². The number of morpholine rings is 1. The first kappa shape index (κ1) is 20.8. The number of nitrogens with zero attached hydrogens (tertiary/aromatic N) is 3. The van der Waals surface area contributed by atoms with Crippen LogP contribution < -0.4 is 15.5 Å². The fourth-order valence-corrected chi connectivity index (χ4v) is 5.37. The first-order valence-electron chi connectivity index (χ1n) is 10.5. The smallest absolute Gasteiger partial charge is 0.323 e. The van der Waals surface area contributed by atoms with Crippen LogP contribution >= 0.6 is 0 Å². The quantitative estimate of drug-likeness (QED) is 0.610. The number of aliphatic hydroxyl groups is 1. The predicted octanol–water partition coefficient (Wildman–Crippen LogP) is 1.27. The lowest BCUT2D eigenvalue weighted by molar-refractivity contribution is -0.155. The van der Waals surface area contributed by atoms with Crippen molar-refractivity contribution in [2.45, 2.75) is 51.7 Å². The van der Waals surface area contributed by atoms with Crippen LogP contribution in [0.4, 0.5) is 14.9 Å². The van der Waals surface area contributed by atoms with Crippen molar-refractivity contribution in [1.29, 1.82) is 0 Å². The number of hydrogen-bond acceptors (Lipinski definition) is 7. The van der Waals surface area contributed by atoms with Crippen molar-refractivity contribution in [3.63, 3.8) is 0 Å². The Balaban J connectivity index is 1.69. The summed E-state index contributed by atoms with van der Waals surface area (Å²) >= 11 is 0. The van der Waals surface area contributed by atoms with Gasteiger partial charge >= 0.3 is 6.03 Å². The number of urea groups is 1. The van der Waals surface area contributed by atoms with Crippen molar-refractivity contribution < 1.29 is 23.8 Å². The molecule has 5 rings (SSSR count). The Morgan fingerprint density at radius 3 is 2.66 bits per heavy atom. The summed E-state index contributed by atoms with van der Waals surface area (Å²) in [6.07, 6.45) is 1.15. The number of aliphatic hydroxyl groups excluding tert-OH is 1. The summed E-state index contributed by atoms with van der Waals surface area (Å²) in [4.78, 5) is 35.3. The molecule has 10 heteroatoms. The first-order chi connectivity index (χ1) is 15.2. The number of imide groups is 1. The Bertz CT molecular complexity index is 1110. The SMILES string of the molecule is Cc1ncc(-c2cc3c(cc2F)N2C[C@@H](C)O[C@@H](C)[C@@H]2C2(C3)C(=O)NC(=O)NC2O)cn1. The molecule has 0 aliphatic carbocycles. The fourth-order valence-electron chi connectivity index (χ4n) is 5.37. The van der Waals surface area contributed by atoms with Crippen LogP contribution in [-0.4, -0.2) is 58.0 Å². The highest BCUT2D eigenvalue weighted by atomic mass is 19.1. The second kappa shape index (κ2) is 7.21. The number of anilines is 1. The number of ether oxygens (including phenoxy) is 1. The highest BCUT2D eigenvalue weighted by Gasteiger charge is 2.62. The molecule has 1 spiro atoms. The van der Waals surface area contributed by atoms with E-state index in [0.717, 1.165) is 0 Å². The molecule has 0 saturated carbocycles. The highest BCUT2D eigenvalue weighted by Crippen LogP contribution is 2.49. The monoisotopic (exact) mass is 441 g/mol. The average Bonchev–Trinajstić information content (AvgIpc) is 2.72. The molecule has 1 aromatic heterocycles. The average molecular weight is 441 g/mol. The van der Waals surface area contributed by atoms with E-state index >= 15 is 4.39 Å². The van der Waals surface area contributed by atoms with Crippen LogP contribution in [0.5, 0.6) is 0 Å². The van der Waals surface area contributed by atoms with Crippen molar-refractivity contribution in [3.8, 4) is 11.1 Å². The van der Waals surface area contributed by atoms with Crippen molar-refractivity contribution in [2.24, 2.45) is 5.41 Å². The summed E-state index contributed by atoms with van der Waals surface area (Å²) in [5.74, 6) is -0.438. The molecule has 1 aromatic carbocycles. The third-order valence-electron chi connectivity index (χ3n) is 6.67. The Hall–Kier alpha value is -3.11. The number of aryl methyl sites for hydroxylation is 1. The van der Waals surface area contributed by atoms with Gasteiger partial charge in [-0.05, 0) is 44.9 Å². The van der Waals surface area contributed by atoms with E-state index in [1.54, 1.807) is 25.4 Å². The fraction of sp³-hybridized carbons (Fsp3) is 0.455. The lowest BCUT2D eigenvalue weighted by Crippen LogP contribution is -2.76. The molecule has 2 saturated heterocycles. The van der Waals surface area contributed by atoms with Crippen LogP contribution in [0, 0.1) is 18.2 Å². The minimum absolute atomic E-state index is 0.0961. The molecule has 2 fully saturated rings. The van der Waals surface area contributed by atoms with E-state index in [1.165, 1.54) is 6.07 Å². The Kier molecular flexibility index (Phi) is 4.68. The molecule has 32 heavy (non-hydrogen) atoms. The van der Waals surface area contributed by atoms with Gasteiger partial charge in [0.1, 0.15) is 23.3 Å².